The molecule has 0 saturated carbocycles. The minimum Gasteiger partial charge on any atom is -0.453 e. The van der Waals surface area contributed by atoms with Gasteiger partial charge in [-0.05, 0) is 42.5 Å². The van der Waals surface area contributed by atoms with Crippen molar-refractivity contribution in [1.82, 2.24) is 5.32 Å². The summed E-state index contributed by atoms with van der Waals surface area (Å²) in [6.07, 6.45) is -1.79. The molecule has 34 heavy (non-hydrogen) atoms. The maximum Gasteiger partial charge on any atom is 0.436 e. The van der Waals surface area contributed by atoms with E-state index in [2.05, 4.69) is 30.4 Å². The molecule has 0 fully saturated rings. The first-order valence-electron chi connectivity index (χ1n) is 10.0. The number of guanidine groups is 1. The highest BCUT2D eigenvalue weighted by Crippen LogP contribution is 2.33. The van der Waals surface area contributed by atoms with Crippen LogP contribution in [0.25, 0.3) is 0 Å². The van der Waals surface area contributed by atoms with E-state index in [1.807, 2.05) is 42.5 Å². The van der Waals surface area contributed by atoms with Crippen LogP contribution in [0.1, 0.15) is 10.4 Å². The molecule has 0 aliphatic heterocycles. The summed E-state index contributed by atoms with van der Waals surface area (Å²) in [6.45, 7) is 0. The number of alkyl carbamates (subject to hydrolysis) is 1. The number of nitrogens with one attached hydrogen (secondary N) is 3. The fraction of sp³-hybridized carbons (Fsp3) is 0.0833. The molecule has 10 heteroatoms. The summed E-state index contributed by atoms with van der Waals surface area (Å²) in [7, 11) is 2.33. The predicted octanol–water partition coefficient (Wildman–Crippen LogP) is 4.98. The fourth-order valence-corrected chi connectivity index (χ4v) is 3.59. The summed E-state index contributed by atoms with van der Waals surface area (Å²) in [5.74, 6) is -0.574. The van der Waals surface area contributed by atoms with Gasteiger partial charge in [-0.2, -0.15) is 0 Å². The first kappa shape index (κ1) is 24.3. The SMILES string of the molecule is COC(=O)/N=C(/NC(=O)OC)Nc1cc(Sc2ccccc2)ccc1NC(=O)c1ccccc1. The third kappa shape index (κ3) is 7.10. The van der Waals surface area contributed by atoms with Crippen LogP contribution in [0.4, 0.5) is 21.0 Å². The molecule has 174 valence electrons. The number of carbonyl (C=O) groups is 3. The van der Waals surface area contributed by atoms with Gasteiger partial charge in [-0.25, -0.2) is 9.59 Å². The van der Waals surface area contributed by atoms with Crippen LogP contribution in [0, 0.1) is 0 Å². The Morgan fingerprint density at radius 1 is 0.765 bits per heavy atom. The average Bonchev–Trinajstić information content (AvgIpc) is 2.86. The van der Waals surface area contributed by atoms with Gasteiger partial charge in [-0.15, -0.1) is 4.99 Å². The van der Waals surface area contributed by atoms with Crippen LogP contribution >= 0.6 is 11.8 Å². The molecule has 0 radical (unpaired) electrons. The molecule has 3 aromatic carbocycles. The number of anilines is 2. The maximum absolute atomic E-state index is 12.7. The van der Waals surface area contributed by atoms with Gasteiger partial charge in [0.2, 0.25) is 5.96 Å². The molecule has 0 unspecified atom stereocenters. The molecule has 3 aromatic rings. The molecular formula is C24H22N4O5S. The third-order valence-electron chi connectivity index (χ3n) is 4.29. The van der Waals surface area contributed by atoms with E-state index in [9.17, 15) is 14.4 Å². The number of amides is 3. The van der Waals surface area contributed by atoms with Crippen LogP contribution in [-0.4, -0.2) is 38.3 Å². The molecule has 0 aromatic heterocycles. The Kier molecular flexibility index (Phi) is 8.64. The number of hydrogen-bond donors (Lipinski definition) is 3. The van der Waals surface area contributed by atoms with Crippen LogP contribution in [0.2, 0.25) is 0 Å². The van der Waals surface area contributed by atoms with Crippen molar-refractivity contribution in [2.24, 2.45) is 4.99 Å². The van der Waals surface area contributed by atoms with Crippen molar-refractivity contribution in [3.05, 3.63) is 84.4 Å². The van der Waals surface area contributed by atoms with Crippen molar-refractivity contribution in [2.75, 3.05) is 24.9 Å². The zero-order valence-electron chi connectivity index (χ0n) is 18.4. The minimum atomic E-state index is -0.941. The van der Waals surface area contributed by atoms with Gasteiger partial charge < -0.3 is 20.1 Å². The molecule has 0 aliphatic rings. The number of hydrogen-bond acceptors (Lipinski definition) is 6. The van der Waals surface area contributed by atoms with E-state index in [4.69, 9.17) is 0 Å². The lowest BCUT2D eigenvalue weighted by Crippen LogP contribution is -2.36. The van der Waals surface area contributed by atoms with Gasteiger partial charge in [0.05, 0.1) is 25.6 Å². The molecule has 3 amide bonds. The number of rotatable bonds is 5. The molecule has 3 rings (SSSR count). The van der Waals surface area contributed by atoms with Crippen molar-refractivity contribution in [3.8, 4) is 0 Å². The van der Waals surface area contributed by atoms with Crippen LogP contribution in [-0.2, 0) is 9.47 Å². The number of nitrogens with zero attached hydrogens (tertiary/aromatic N) is 1. The Morgan fingerprint density at radius 3 is 2.09 bits per heavy atom. The molecule has 3 N–H and O–H groups in total. The zero-order chi connectivity index (χ0) is 24.3. The Balaban J connectivity index is 1.95. The minimum absolute atomic E-state index is 0.240. The van der Waals surface area contributed by atoms with Gasteiger partial charge in [0.25, 0.3) is 5.91 Å². The third-order valence-corrected chi connectivity index (χ3v) is 5.29. The lowest BCUT2D eigenvalue weighted by atomic mass is 10.2. The monoisotopic (exact) mass is 478 g/mol. The van der Waals surface area contributed by atoms with Crippen molar-refractivity contribution < 1.29 is 23.9 Å². The van der Waals surface area contributed by atoms with E-state index in [1.165, 1.54) is 18.9 Å². The van der Waals surface area contributed by atoms with E-state index >= 15 is 0 Å². The predicted molar refractivity (Wildman–Crippen MR) is 130 cm³/mol. The Hall–Kier alpha value is -4.31. The Labute approximate surface area is 200 Å². The van der Waals surface area contributed by atoms with Crippen molar-refractivity contribution >= 4 is 47.2 Å². The summed E-state index contributed by atoms with van der Waals surface area (Å²) in [5.41, 5.74) is 1.24. The second-order valence-electron chi connectivity index (χ2n) is 6.61. The molecule has 0 aliphatic carbocycles. The largest absolute Gasteiger partial charge is 0.453 e. The highest BCUT2D eigenvalue weighted by molar-refractivity contribution is 7.99. The maximum atomic E-state index is 12.7. The topological polar surface area (TPSA) is 118 Å². The van der Waals surface area contributed by atoms with Gasteiger partial charge in [-0.3, -0.25) is 10.1 Å². The summed E-state index contributed by atoms with van der Waals surface area (Å²) < 4.78 is 9.15. The van der Waals surface area contributed by atoms with Crippen molar-refractivity contribution in [3.63, 3.8) is 0 Å². The Bertz CT molecular complexity index is 1190. The van der Waals surface area contributed by atoms with Crippen LogP contribution < -0.4 is 16.0 Å². The quantitative estimate of drug-likeness (QED) is 0.350. The summed E-state index contributed by atoms with van der Waals surface area (Å²) >= 11 is 1.49. The van der Waals surface area contributed by atoms with Crippen LogP contribution in [0.15, 0.2) is 93.6 Å². The molecule has 0 bridgehead atoms. The number of methoxy groups -OCH3 is 2. The van der Waals surface area contributed by atoms with Crippen molar-refractivity contribution in [1.29, 1.82) is 0 Å². The summed E-state index contributed by atoms with van der Waals surface area (Å²) in [6, 6.07) is 23.7. The van der Waals surface area contributed by atoms with E-state index in [0.29, 0.717) is 16.9 Å². The Morgan fingerprint density at radius 2 is 1.44 bits per heavy atom. The highest BCUT2D eigenvalue weighted by atomic mass is 32.2. The molecular weight excluding hydrogens is 456 g/mol. The molecule has 0 spiro atoms. The van der Waals surface area contributed by atoms with Gasteiger partial charge in [0.1, 0.15) is 0 Å². The lowest BCUT2D eigenvalue weighted by Gasteiger charge is -2.16. The smallest absolute Gasteiger partial charge is 0.436 e. The summed E-state index contributed by atoms with van der Waals surface area (Å²) in [4.78, 5) is 41.7. The van der Waals surface area contributed by atoms with E-state index in [0.717, 1.165) is 16.9 Å². The molecule has 0 heterocycles. The average molecular weight is 479 g/mol. The standard InChI is InChI=1S/C24H22N4O5S/c1-32-23(30)27-22(28-24(31)33-2)26-20-15-18(34-17-11-7-4-8-12-17)13-14-19(20)25-21(29)16-9-5-3-6-10-16/h3-15H,1-2H3,(H,25,29)(H2,26,27,28,30,31). The van der Waals surface area contributed by atoms with Gasteiger partial charge in [0, 0.05) is 15.4 Å². The van der Waals surface area contributed by atoms with Gasteiger partial charge in [0.15, 0.2) is 0 Å². The first-order valence-corrected chi connectivity index (χ1v) is 10.8. The van der Waals surface area contributed by atoms with E-state index < -0.39 is 12.2 Å². The van der Waals surface area contributed by atoms with Gasteiger partial charge in [-0.1, -0.05) is 48.2 Å². The highest BCUT2D eigenvalue weighted by Gasteiger charge is 2.15. The number of aliphatic imine (C=N–C) groups is 1. The summed E-state index contributed by atoms with van der Waals surface area (Å²) in [5, 5.41) is 8.02. The van der Waals surface area contributed by atoms with Crippen LogP contribution in [0.5, 0.6) is 0 Å². The molecule has 0 atom stereocenters. The lowest BCUT2D eigenvalue weighted by molar-refractivity contribution is 0.102. The zero-order valence-corrected chi connectivity index (χ0v) is 19.2. The van der Waals surface area contributed by atoms with E-state index in [-0.39, 0.29) is 11.9 Å². The normalized spacial score (nSPS) is 10.7. The first-order chi connectivity index (χ1) is 16.5. The molecule has 9 nitrogen and oxygen atoms in total. The van der Waals surface area contributed by atoms with Gasteiger partial charge >= 0.3 is 12.2 Å². The van der Waals surface area contributed by atoms with Crippen molar-refractivity contribution in [2.45, 2.75) is 9.79 Å². The molecule has 0 saturated heterocycles. The number of benzene rings is 3. The fourth-order valence-electron chi connectivity index (χ4n) is 2.71. The van der Waals surface area contributed by atoms with E-state index in [1.54, 1.807) is 36.4 Å². The second kappa shape index (κ2) is 12.1. The second-order valence-corrected chi connectivity index (χ2v) is 7.76. The number of ether oxygens (including phenoxy) is 2. The number of carbonyl (C=O) groups excluding carboxylic acids is 3. The van der Waals surface area contributed by atoms with Crippen LogP contribution in [0.3, 0.4) is 0 Å².